The van der Waals surface area contributed by atoms with Crippen LogP contribution in [0.2, 0.25) is 10.0 Å². The third-order valence-corrected chi connectivity index (χ3v) is 8.46. The fourth-order valence-corrected chi connectivity index (χ4v) is 5.97. The number of likely N-dealkylation sites (N-methyl/N-ethyl adjacent to an activating group) is 1. The number of fused-ring (bicyclic) bond motifs is 1. The standard InChI is InChI=1S/C30H29Cl2N3O4S/c1-33-30(37)28(18-21-10-4-3-5-11-21)34(19-24-25(31)15-9-16-26(24)32)29(36)20-35(40(2,38)39)27-17-8-13-22-12-6-7-14-23(22)27/h3-17,28H,18-20H2,1-2H3,(H,33,37)/t28-/m1/s1. The van der Waals surface area contributed by atoms with Crippen molar-refractivity contribution in [1.29, 1.82) is 0 Å². The van der Waals surface area contributed by atoms with Crippen LogP contribution >= 0.6 is 23.2 Å². The summed E-state index contributed by atoms with van der Waals surface area (Å²) in [7, 11) is -2.41. The Balaban J connectivity index is 1.80. The van der Waals surface area contributed by atoms with E-state index in [1.165, 1.54) is 11.9 Å². The zero-order valence-electron chi connectivity index (χ0n) is 22.1. The molecule has 0 heterocycles. The lowest BCUT2D eigenvalue weighted by Gasteiger charge is -2.33. The number of halogens is 2. The van der Waals surface area contributed by atoms with Crippen molar-refractivity contribution in [3.8, 4) is 0 Å². The Labute approximate surface area is 244 Å². The highest BCUT2D eigenvalue weighted by Gasteiger charge is 2.33. The fourth-order valence-electron chi connectivity index (χ4n) is 4.59. The highest BCUT2D eigenvalue weighted by atomic mass is 35.5. The van der Waals surface area contributed by atoms with Crippen LogP contribution in [0, 0.1) is 0 Å². The minimum atomic E-state index is -3.90. The summed E-state index contributed by atoms with van der Waals surface area (Å²) in [4.78, 5) is 28.7. The number of nitrogens with zero attached hydrogens (tertiary/aromatic N) is 2. The van der Waals surface area contributed by atoms with E-state index in [2.05, 4.69) is 5.32 Å². The largest absolute Gasteiger partial charge is 0.357 e. The third-order valence-electron chi connectivity index (χ3n) is 6.62. The van der Waals surface area contributed by atoms with E-state index in [1.54, 1.807) is 42.5 Å². The zero-order valence-corrected chi connectivity index (χ0v) is 24.4. The van der Waals surface area contributed by atoms with Crippen molar-refractivity contribution < 1.29 is 18.0 Å². The van der Waals surface area contributed by atoms with Crippen LogP contribution in [0.15, 0.2) is 91.0 Å². The van der Waals surface area contributed by atoms with E-state index in [9.17, 15) is 18.0 Å². The van der Waals surface area contributed by atoms with Crippen LogP contribution in [-0.2, 0) is 32.6 Å². The Morgan fingerprint density at radius 1 is 0.850 bits per heavy atom. The van der Waals surface area contributed by atoms with E-state index in [4.69, 9.17) is 23.2 Å². The molecule has 0 bridgehead atoms. The van der Waals surface area contributed by atoms with Gasteiger partial charge in [0.05, 0.1) is 11.9 Å². The van der Waals surface area contributed by atoms with Gasteiger partial charge in [-0.3, -0.25) is 13.9 Å². The summed E-state index contributed by atoms with van der Waals surface area (Å²) in [5.74, 6) is -0.990. The maximum Gasteiger partial charge on any atom is 0.244 e. The summed E-state index contributed by atoms with van der Waals surface area (Å²) in [6.07, 6.45) is 1.25. The van der Waals surface area contributed by atoms with Crippen LogP contribution in [0.25, 0.3) is 10.8 Å². The number of anilines is 1. The van der Waals surface area contributed by atoms with Gasteiger partial charge in [-0.15, -0.1) is 0 Å². The molecule has 2 amide bonds. The fraction of sp³-hybridized carbons (Fsp3) is 0.200. The maximum absolute atomic E-state index is 14.1. The van der Waals surface area contributed by atoms with Crippen LogP contribution in [0.3, 0.4) is 0 Å². The molecular formula is C30H29Cl2N3O4S. The Hall–Kier alpha value is -3.59. The highest BCUT2D eigenvalue weighted by Crippen LogP contribution is 2.30. The van der Waals surface area contributed by atoms with Crippen LogP contribution in [-0.4, -0.2) is 51.0 Å². The lowest BCUT2D eigenvalue weighted by molar-refractivity contribution is -0.139. The van der Waals surface area contributed by atoms with Crippen molar-refractivity contribution in [1.82, 2.24) is 10.2 Å². The summed E-state index contributed by atoms with van der Waals surface area (Å²) in [6.45, 7) is -0.632. The molecule has 1 N–H and O–H groups in total. The van der Waals surface area contributed by atoms with Gasteiger partial charge in [-0.25, -0.2) is 8.42 Å². The number of hydrogen-bond donors (Lipinski definition) is 1. The van der Waals surface area contributed by atoms with Crippen molar-refractivity contribution in [3.05, 3.63) is 112 Å². The quantitative estimate of drug-likeness (QED) is 0.269. The number of carbonyl (C=O) groups is 2. The van der Waals surface area contributed by atoms with Crippen molar-refractivity contribution in [2.45, 2.75) is 19.0 Å². The van der Waals surface area contributed by atoms with E-state index < -0.39 is 34.4 Å². The van der Waals surface area contributed by atoms with E-state index in [0.29, 0.717) is 26.7 Å². The first-order valence-corrected chi connectivity index (χ1v) is 15.1. The Morgan fingerprint density at radius 3 is 2.10 bits per heavy atom. The van der Waals surface area contributed by atoms with Crippen LogP contribution in [0.1, 0.15) is 11.1 Å². The van der Waals surface area contributed by atoms with Gasteiger partial charge < -0.3 is 10.2 Å². The molecule has 0 unspecified atom stereocenters. The number of benzene rings is 4. The summed E-state index contributed by atoms with van der Waals surface area (Å²) in [5, 5.41) is 4.81. The SMILES string of the molecule is CNC(=O)[C@@H](Cc1ccccc1)N(Cc1c(Cl)cccc1Cl)C(=O)CN(c1cccc2ccccc12)S(C)(=O)=O. The molecule has 7 nitrogen and oxygen atoms in total. The van der Waals surface area contributed by atoms with Crippen molar-refractivity contribution >= 4 is 61.5 Å². The van der Waals surface area contributed by atoms with Crippen molar-refractivity contribution in [2.24, 2.45) is 0 Å². The van der Waals surface area contributed by atoms with Crippen LogP contribution in [0.4, 0.5) is 5.69 Å². The van der Waals surface area contributed by atoms with Gasteiger partial charge in [0.1, 0.15) is 12.6 Å². The van der Waals surface area contributed by atoms with Gasteiger partial charge in [-0.05, 0) is 29.1 Å². The molecule has 4 rings (SSSR count). The average Bonchev–Trinajstić information content (AvgIpc) is 2.94. The van der Waals surface area contributed by atoms with Gasteiger partial charge in [-0.2, -0.15) is 0 Å². The molecule has 0 saturated carbocycles. The van der Waals surface area contributed by atoms with Crippen LogP contribution < -0.4 is 9.62 Å². The lowest BCUT2D eigenvalue weighted by Crippen LogP contribution is -2.53. The third kappa shape index (κ3) is 6.75. The molecule has 4 aromatic carbocycles. The smallest absolute Gasteiger partial charge is 0.244 e. The summed E-state index contributed by atoms with van der Waals surface area (Å²) < 4.78 is 27.2. The molecular weight excluding hydrogens is 569 g/mol. The van der Waals surface area contributed by atoms with Crippen molar-refractivity contribution in [2.75, 3.05) is 24.2 Å². The summed E-state index contributed by atoms with van der Waals surface area (Å²) in [6, 6.07) is 25.9. The van der Waals surface area contributed by atoms with Gasteiger partial charge in [-0.1, -0.05) is 96.0 Å². The molecule has 10 heteroatoms. The number of carbonyl (C=O) groups excluding carboxylic acids is 2. The molecule has 0 aromatic heterocycles. The average molecular weight is 599 g/mol. The van der Waals surface area contributed by atoms with Gasteiger partial charge in [0, 0.05) is 41.0 Å². The summed E-state index contributed by atoms with van der Waals surface area (Å²) >= 11 is 12.9. The maximum atomic E-state index is 14.1. The van der Waals surface area contributed by atoms with E-state index >= 15 is 0 Å². The first-order chi connectivity index (χ1) is 19.1. The second kappa shape index (κ2) is 12.7. The Bertz CT molecular complexity index is 1610. The molecule has 0 aliphatic carbocycles. The second-order valence-electron chi connectivity index (χ2n) is 9.31. The number of nitrogens with one attached hydrogen (secondary N) is 1. The minimum Gasteiger partial charge on any atom is -0.357 e. The molecule has 0 spiro atoms. The molecule has 208 valence electrons. The molecule has 4 aromatic rings. The molecule has 0 radical (unpaired) electrons. The molecule has 40 heavy (non-hydrogen) atoms. The predicted octanol–water partition coefficient (Wildman–Crippen LogP) is 5.30. The monoisotopic (exact) mass is 597 g/mol. The number of amides is 2. The van der Waals surface area contributed by atoms with Crippen LogP contribution in [0.5, 0.6) is 0 Å². The number of sulfonamides is 1. The van der Waals surface area contributed by atoms with Gasteiger partial charge in [0.25, 0.3) is 0 Å². The van der Waals surface area contributed by atoms with E-state index in [1.807, 2.05) is 48.5 Å². The highest BCUT2D eigenvalue weighted by molar-refractivity contribution is 7.92. The summed E-state index contributed by atoms with van der Waals surface area (Å²) in [5.41, 5.74) is 1.65. The topological polar surface area (TPSA) is 86.8 Å². The predicted molar refractivity (Wildman–Crippen MR) is 161 cm³/mol. The van der Waals surface area contributed by atoms with Gasteiger partial charge in [0.15, 0.2) is 0 Å². The Morgan fingerprint density at radius 2 is 1.45 bits per heavy atom. The van der Waals surface area contributed by atoms with E-state index in [-0.39, 0.29) is 13.0 Å². The lowest BCUT2D eigenvalue weighted by atomic mass is 10.0. The van der Waals surface area contributed by atoms with Gasteiger partial charge in [0.2, 0.25) is 21.8 Å². The van der Waals surface area contributed by atoms with E-state index in [0.717, 1.165) is 21.5 Å². The first-order valence-electron chi connectivity index (χ1n) is 12.5. The van der Waals surface area contributed by atoms with Gasteiger partial charge >= 0.3 is 0 Å². The molecule has 0 saturated heterocycles. The Kier molecular flexibility index (Phi) is 9.35. The zero-order chi connectivity index (χ0) is 28.9. The molecule has 0 fully saturated rings. The normalized spacial score (nSPS) is 12.1. The second-order valence-corrected chi connectivity index (χ2v) is 12.0. The molecule has 1 atom stereocenters. The van der Waals surface area contributed by atoms with Crippen molar-refractivity contribution in [3.63, 3.8) is 0 Å². The molecule has 0 aliphatic heterocycles. The minimum absolute atomic E-state index is 0.102. The number of rotatable bonds is 10. The first kappa shape index (κ1) is 29.4. The number of hydrogen-bond acceptors (Lipinski definition) is 4. The molecule has 0 aliphatic rings.